The van der Waals surface area contributed by atoms with Crippen LogP contribution in [0.5, 0.6) is 0 Å². The Kier molecular flexibility index (Phi) is 4.73. The van der Waals surface area contributed by atoms with Gasteiger partial charge >= 0.3 is 6.09 Å². The van der Waals surface area contributed by atoms with Crippen molar-refractivity contribution in [2.24, 2.45) is 5.92 Å². The molecule has 154 valence electrons. The van der Waals surface area contributed by atoms with E-state index in [0.717, 1.165) is 76.1 Å². The Morgan fingerprint density at radius 3 is 2.93 bits per heavy atom. The van der Waals surface area contributed by atoms with Crippen LogP contribution >= 0.6 is 0 Å². The van der Waals surface area contributed by atoms with Gasteiger partial charge in [0.05, 0.1) is 11.4 Å². The Balaban J connectivity index is 1.16. The zero-order valence-corrected chi connectivity index (χ0v) is 16.9. The van der Waals surface area contributed by atoms with Gasteiger partial charge in [0, 0.05) is 50.6 Å². The molecule has 8 nitrogen and oxygen atoms in total. The molecule has 0 spiro atoms. The van der Waals surface area contributed by atoms with E-state index in [-0.39, 0.29) is 11.7 Å². The third kappa shape index (κ3) is 4.12. The minimum Gasteiger partial charge on any atom is -0.443 e. The molecule has 3 aliphatic rings. The lowest BCUT2D eigenvalue weighted by Crippen LogP contribution is -2.40. The molecule has 2 aliphatic heterocycles. The third-order valence-corrected chi connectivity index (χ3v) is 6.32. The van der Waals surface area contributed by atoms with Crippen molar-refractivity contribution in [2.45, 2.75) is 57.6 Å². The first-order valence-corrected chi connectivity index (χ1v) is 10.6. The number of aromatic nitrogens is 4. The summed E-state index contributed by atoms with van der Waals surface area (Å²) >= 11 is 0. The minimum atomic E-state index is -0.198. The van der Waals surface area contributed by atoms with Crippen LogP contribution in [0, 0.1) is 5.92 Å². The number of piperidine rings is 1. The Bertz CT molecular complexity index is 898. The van der Waals surface area contributed by atoms with Crippen LogP contribution in [0.1, 0.15) is 49.6 Å². The van der Waals surface area contributed by atoms with E-state index in [1.807, 2.05) is 28.8 Å². The number of hydrogen-bond donors (Lipinski definition) is 1. The molecule has 0 atom stereocenters. The summed E-state index contributed by atoms with van der Waals surface area (Å²) < 4.78 is 7.50. The summed E-state index contributed by atoms with van der Waals surface area (Å²) in [5.41, 5.74) is 3.17. The van der Waals surface area contributed by atoms with E-state index in [9.17, 15) is 4.79 Å². The molecule has 2 aromatic heterocycles. The molecule has 29 heavy (non-hydrogen) atoms. The number of carbonyl (C=O) groups excluding carboxylic acids is 1. The van der Waals surface area contributed by atoms with Crippen molar-refractivity contribution in [3.05, 3.63) is 35.7 Å². The standard InChI is InChI=1S/C21H28N6O2/c1-21(5-6-21)29-20(28)26-8-3-15(4-9-26)10-17-13-27(14-24-17)19-23-12-16-11-22-7-2-18(16)25-19/h12-15,22H,2-11H2,1H3. The maximum Gasteiger partial charge on any atom is 0.410 e. The average Bonchev–Trinajstić information content (AvgIpc) is 3.28. The van der Waals surface area contributed by atoms with Crippen molar-refractivity contribution in [2.75, 3.05) is 19.6 Å². The lowest BCUT2D eigenvalue weighted by Gasteiger charge is -2.31. The van der Waals surface area contributed by atoms with Crippen molar-refractivity contribution in [1.82, 2.24) is 29.7 Å². The summed E-state index contributed by atoms with van der Waals surface area (Å²) in [7, 11) is 0. The highest BCUT2D eigenvalue weighted by Gasteiger charge is 2.43. The highest BCUT2D eigenvalue weighted by molar-refractivity contribution is 5.68. The summed E-state index contributed by atoms with van der Waals surface area (Å²) in [6, 6.07) is 0. The lowest BCUT2D eigenvalue weighted by atomic mass is 9.92. The SMILES string of the molecule is CC1(OC(=O)N2CCC(Cc3cn(-c4ncc5c(n4)CCNC5)cn3)CC2)CC1. The molecule has 1 amide bonds. The third-order valence-electron chi connectivity index (χ3n) is 6.32. The number of likely N-dealkylation sites (tertiary alicyclic amines) is 1. The van der Waals surface area contributed by atoms with Crippen LogP contribution in [0.15, 0.2) is 18.7 Å². The molecule has 0 radical (unpaired) electrons. The van der Waals surface area contributed by atoms with Gasteiger partial charge in [0.1, 0.15) is 11.9 Å². The van der Waals surface area contributed by atoms with E-state index in [0.29, 0.717) is 11.9 Å². The second-order valence-electron chi connectivity index (χ2n) is 8.79. The lowest BCUT2D eigenvalue weighted by molar-refractivity contribution is 0.0490. The molecule has 0 unspecified atom stereocenters. The molecule has 2 fully saturated rings. The first-order valence-electron chi connectivity index (χ1n) is 10.6. The molecule has 1 saturated heterocycles. The fourth-order valence-corrected chi connectivity index (χ4v) is 4.10. The largest absolute Gasteiger partial charge is 0.443 e. The van der Waals surface area contributed by atoms with Gasteiger partial charge in [-0.3, -0.25) is 4.57 Å². The predicted octanol–water partition coefficient (Wildman–Crippen LogP) is 2.25. The molecule has 1 saturated carbocycles. The van der Waals surface area contributed by atoms with Gasteiger partial charge in [-0.05, 0) is 44.9 Å². The highest BCUT2D eigenvalue weighted by Crippen LogP contribution is 2.39. The van der Waals surface area contributed by atoms with Crippen LogP contribution in [0.4, 0.5) is 4.79 Å². The van der Waals surface area contributed by atoms with Gasteiger partial charge in [0.25, 0.3) is 0 Å². The second-order valence-corrected chi connectivity index (χ2v) is 8.79. The van der Waals surface area contributed by atoms with E-state index < -0.39 is 0 Å². The summed E-state index contributed by atoms with van der Waals surface area (Å²) in [5, 5.41) is 3.34. The van der Waals surface area contributed by atoms with Crippen LogP contribution in [-0.4, -0.2) is 55.7 Å². The topological polar surface area (TPSA) is 85.2 Å². The molecule has 5 rings (SSSR count). The zero-order valence-electron chi connectivity index (χ0n) is 16.9. The molecule has 4 heterocycles. The summed E-state index contributed by atoms with van der Waals surface area (Å²) in [5.74, 6) is 1.23. The number of hydrogen-bond acceptors (Lipinski definition) is 6. The van der Waals surface area contributed by atoms with Gasteiger partial charge in [-0.25, -0.2) is 19.7 Å². The van der Waals surface area contributed by atoms with E-state index in [1.54, 1.807) is 6.33 Å². The van der Waals surface area contributed by atoms with Gasteiger partial charge in [-0.2, -0.15) is 0 Å². The van der Waals surface area contributed by atoms with E-state index in [1.165, 1.54) is 5.56 Å². The number of fused-ring (bicyclic) bond motifs is 1. The fourth-order valence-electron chi connectivity index (χ4n) is 4.10. The van der Waals surface area contributed by atoms with Crippen molar-refractivity contribution >= 4 is 6.09 Å². The van der Waals surface area contributed by atoms with Crippen molar-refractivity contribution < 1.29 is 9.53 Å². The molecule has 0 aromatic carbocycles. The van der Waals surface area contributed by atoms with Crippen LogP contribution < -0.4 is 5.32 Å². The highest BCUT2D eigenvalue weighted by atomic mass is 16.6. The minimum absolute atomic E-state index is 0.146. The average molecular weight is 396 g/mol. The molecule has 1 N–H and O–H groups in total. The quantitative estimate of drug-likeness (QED) is 0.853. The fraction of sp³-hybridized carbons (Fsp3) is 0.619. The summed E-state index contributed by atoms with van der Waals surface area (Å²) in [6.45, 7) is 5.35. The molecule has 8 heteroatoms. The Morgan fingerprint density at radius 1 is 1.31 bits per heavy atom. The van der Waals surface area contributed by atoms with Crippen LogP contribution in [0.2, 0.25) is 0 Å². The van der Waals surface area contributed by atoms with Crippen molar-refractivity contribution in [3.63, 3.8) is 0 Å². The zero-order chi connectivity index (χ0) is 19.8. The van der Waals surface area contributed by atoms with Gasteiger partial charge < -0.3 is 15.0 Å². The maximum absolute atomic E-state index is 12.3. The first kappa shape index (κ1) is 18.5. The summed E-state index contributed by atoms with van der Waals surface area (Å²) in [4.78, 5) is 27.9. The molecule has 2 aromatic rings. The van der Waals surface area contributed by atoms with E-state index in [2.05, 4.69) is 15.3 Å². The second kappa shape index (κ2) is 7.40. The molecular formula is C21H28N6O2. The predicted molar refractivity (Wildman–Crippen MR) is 107 cm³/mol. The Morgan fingerprint density at radius 2 is 2.14 bits per heavy atom. The number of nitrogens with one attached hydrogen (secondary N) is 1. The van der Waals surface area contributed by atoms with Crippen molar-refractivity contribution in [3.8, 4) is 5.95 Å². The van der Waals surface area contributed by atoms with Gasteiger partial charge in [0.15, 0.2) is 0 Å². The Labute approximate surface area is 170 Å². The number of ether oxygens (including phenoxy) is 1. The maximum atomic E-state index is 12.3. The van der Waals surface area contributed by atoms with Crippen LogP contribution in [0.3, 0.4) is 0 Å². The van der Waals surface area contributed by atoms with Crippen LogP contribution in [0.25, 0.3) is 5.95 Å². The smallest absolute Gasteiger partial charge is 0.410 e. The first-order chi connectivity index (χ1) is 14.1. The van der Waals surface area contributed by atoms with Crippen LogP contribution in [-0.2, 0) is 24.1 Å². The number of imidazole rings is 1. The Hall–Kier alpha value is -2.48. The molecular weight excluding hydrogens is 368 g/mol. The van der Waals surface area contributed by atoms with Gasteiger partial charge in [-0.1, -0.05) is 0 Å². The van der Waals surface area contributed by atoms with Crippen molar-refractivity contribution in [1.29, 1.82) is 0 Å². The van der Waals surface area contributed by atoms with Gasteiger partial charge in [0.2, 0.25) is 5.95 Å². The summed E-state index contributed by atoms with van der Waals surface area (Å²) in [6.07, 6.45) is 11.4. The normalized spacial score (nSPS) is 20.9. The number of carbonyl (C=O) groups is 1. The molecule has 0 bridgehead atoms. The number of rotatable bonds is 4. The number of amides is 1. The van der Waals surface area contributed by atoms with E-state index >= 15 is 0 Å². The molecule has 1 aliphatic carbocycles. The van der Waals surface area contributed by atoms with Gasteiger partial charge in [-0.15, -0.1) is 0 Å². The number of nitrogens with zero attached hydrogens (tertiary/aromatic N) is 5. The van der Waals surface area contributed by atoms with E-state index in [4.69, 9.17) is 9.72 Å². The monoisotopic (exact) mass is 396 g/mol.